The van der Waals surface area contributed by atoms with E-state index in [1.165, 1.54) is 0 Å². The summed E-state index contributed by atoms with van der Waals surface area (Å²) >= 11 is 0. The van der Waals surface area contributed by atoms with Crippen LogP contribution in [0.15, 0.2) is 6.07 Å². The average molecular weight is 322 g/mol. The molecule has 1 amide bonds. The number of nitrogens with two attached hydrogens (primary N) is 1. The number of hydrogen-bond acceptors (Lipinski definition) is 3. The number of carbonyl (C=O) groups is 1. The van der Waals surface area contributed by atoms with Crippen LogP contribution in [-0.4, -0.2) is 24.3 Å². The number of nitrogens with one attached hydrogen (secondary N) is 1. The molecule has 0 aliphatic rings. The molecule has 0 spiro atoms. The second kappa shape index (κ2) is 6.95. The Morgan fingerprint density at radius 2 is 1.82 bits per heavy atom. The molecule has 0 bridgehead atoms. The van der Waals surface area contributed by atoms with Gasteiger partial charge in [-0.15, -0.1) is 0 Å². The van der Waals surface area contributed by atoms with E-state index in [9.17, 15) is 22.4 Å². The summed E-state index contributed by atoms with van der Waals surface area (Å²) in [5.74, 6) is -6.81. The number of halogens is 4. The van der Waals surface area contributed by atoms with Crippen LogP contribution in [0.4, 0.5) is 22.4 Å². The lowest BCUT2D eigenvalue weighted by Crippen LogP contribution is -2.44. The van der Waals surface area contributed by atoms with E-state index in [2.05, 4.69) is 5.32 Å². The van der Waals surface area contributed by atoms with Crippen molar-refractivity contribution >= 4 is 6.09 Å². The molecule has 0 heterocycles. The van der Waals surface area contributed by atoms with Crippen LogP contribution in [0, 0.1) is 23.3 Å². The van der Waals surface area contributed by atoms with Gasteiger partial charge in [0.05, 0.1) is 0 Å². The number of ether oxygens (including phenoxy) is 1. The van der Waals surface area contributed by atoms with E-state index in [-0.39, 0.29) is 13.0 Å². The van der Waals surface area contributed by atoms with Crippen molar-refractivity contribution in [1.82, 2.24) is 5.32 Å². The van der Waals surface area contributed by atoms with E-state index in [1.807, 2.05) is 0 Å². The molecule has 0 saturated heterocycles. The minimum absolute atomic E-state index is 0.126. The van der Waals surface area contributed by atoms with Gasteiger partial charge in [0, 0.05) is 12.6 Å². The smallest absolute Gasteiger partial charge is 0.407 e. The Morgan fingerprint density at radius 3 is 2.32 bits per heavy atom. The van der Waals surface area contributed by atoms with Crippen LogP contribution in [0.25, 0.3) is 0 Å². The van der Waals surface area contributed by atoms with Crippen molar-refractivity contribution in [2.45, 2.75) is 38.8 Å². The number of hydrogen-bond donors (Lipinski definition) is 2. The highest BCUT2D eigenvalue weighted by Crippen LogP contribution is 2.20. The predicted molar refractivity (Wildman–Crippen MR) is 72.2 cm³/mol. The van der Waals surface area contributed by atoms with Gasteiger partial charge in [-0.1, -0.05) is 0 Å². The molecule has 1 aromatic rings. The molecule has 1 rings (SSSR count). The maximum absolute atomic E-state index is 13.6. The van der Waals surface area contributed by atoms with Gasteiger partial charge < -0.3 is 15.8 Å². The summed E-state index contributed by atoms with van der Waals surface area (Å²) in [4.78, 5) is 11.6. The lowest BCUT2D eigenvalue weighted by atomic mass is 10.0. The fraction of sp³-hybridized carbons (Fsp3) is 0.500. The van der Waals surface area contributed by atoms with Crippen molar-refractivity contribution in [1.29, 1.82) is 0 Å². The Bertz CT molecular complexity index is 559. The zero-order valence-corrected chi connectivity index (χ0v) is 12.5. The van der Waals surface area contributed by atoms with Crippen LogP contribution in [-0.2, 0) is 11.2 Å². The van der Waals surface area contributed by atoms with E-state index >= 15 is 0 Å². The van der Waals surface area contributed by atoms with Gasteiger partial charge in [0.25, 0.3) is 0 Å². The third-order valence-corrected chi connectivity index (χ3v) is 2.65. The van der Waals surface area contributed by atoms with Gasteiger partial charge in [0.1, 0.15) is 5.60 Å². The highest BCUT2D eigenvalue weighted by atomic mass is 19.2. The monoisotopic (exact) mass is 322 g/mol. The molecule has 124 valence electrons. The minimum atomic E-state index is -1.90. The van der Waals surface area contributed by atoms with Gasteiger partial charge in [-0.25, -0.2) is 22.4 Å². The number of alkyl carbamates (subject to hydrolysis) is 1. The third kappa shape index (κ3) is 4.87. The van der Waals surface area contributed by atoms with Crippen LogP contribution < -0.4 is 11.1 Å². The fourth-order valence-electron chi connectivity index (χ4n) is 1.70. The number of amides is 1. The summed E-state index contributed by atoms with van der Waals surface area (Å²) in [6.45, 7) is 4.82. The molecule has 0 saturated carbocycles. The highest BCUT2D eigenvalue weighted by molar-refractivity contribution is 5.68. The van der Waals surface area contributed by atoms with Crippen LogP contribution >= 0.6 is 0 Å². The van der Waals surface area contributed by atoms with E-state index < -0.39 is 46.6 Å². The zero-order chi connectivity index (χ0) is 17.1. The van der Waals surface area contributed by atoms with E-state index in [0.717, 1.165) is 0 Å². The number of rotatable bonds is 4. The summed E-state index contributed by atoms with van der Waals surface area (Å²) in [7, 11) is 0. The van der Waals surface area contributed by atoms with Crippen molar-refractivity contribution in [2.24, 2.45) is 5.73 Å². The van der Waals surface area contributed by atoms with Gasteiger partial charge in [0.2, 0.25) is 0 Å². The Balaban J connectivity index is 2.85. The lowest BCUT2D eigenvalue weighted by molar-refractivity contribution is 0.0505. The summed E-state index contributed by atoms with van der Waals surface area (Å²) in [5, 5.41) is 2.36. The normalized spacial score (nSPS) is 12.9. The SMILES string of the molecule is CC(C)(C)OC(=O)NC(CN)Cc1cc(F)c(F)c(F)c1F. The standard InChI is InChI=1S/C14H18F4N2O2/c1-14(2,3)22-13(21)20-8(6-19)4-7-5-9(15)11(17)12(18)10(7)16/h5,8H,4,6,19H2,1-3H3,(H,20,21). The number of benzene rings is 1. The first kappa shape index (κ1) is 18.2. The first-order valence-corrected chi connectivity index (χ1v) is 6.56. The molecular weight excluding hydrogens is 304 g/mol. The summed E-state index contributed by atoms with van der Waals surface area (Å²) in [5.41, 5.74) is 4.26. The lowest BCUT2D eigenvalue weighted by Gasteiger charge is -2.23. The molecule has 4 nitrogen and oxygen atoms in total. The van der Waals surface area contributed by atoms with E-state index in [1.54, 1.807) is 20.8 Å². The van der Waals surface area contributed by atoms with Crippen LogP contribution in [0.3, 0.4) is 0 Å². The molecule has 22 heavy (non-hydrogen) atoms. The summed E-state index contributed by atoms with van der Waals surface area (Å²) in [6, 6.07) is -0.290. The second-order valence-electron chi connectivity index (χ2n) is 5.74. The average Bonchev–Trinajstić information content (AvgIpc) is 2.39. The van der Waals surface area contributed by atoms with Crippen LogP contribution in [0.2, 0.25) is 0 Å². The molecule has 0 aliphatic carbocycles. The minimum Gasteiger partial charge on any atom is -0.444 e. The van der Waals surface area contributed by atoms with Crippen molar-refractivity contribution in [2.75, 3.05) is 6.54 Å². The highest BCUT2D eigenvalue weighted by Gasteiger charge is 2.23. The Morgan fingerprint density at radius 1 is 1.23 bits per heavy atom. The Kier molecular flexibility index (Phi) is 5.76. The molecule has 0 fully saturated rings. The molecule has 1 unspecified atom stereocenters. The molecule has 0 aliphatic heterocycles. The van der Waals surface area contributed by atoms with E-state index in [4.69, 9.17) is 10.5 Å². The first-order chi connectivity index (χ1) is 10.0. The van der Waals surface area contributed by atoms with Gasteiger partial charge in [-0.2, -0.15) is 0 Å². The van der Waals surface area contributed by atoms with Crippen molar-refractivity contribution < 1.29 is 27.1 Å². The number of carbonyl (C=O) groups excluding carboxylic acids is 1. The fourth-order valence-corrected chi connectivity index (χ4v) is 1.70. The molecule has 1 atom stereocenters. The summed E-state index contributed by atoms with van der Waals surface area (Å²) < 4.78 is 57.8. The predicted octanol–water partition coefficient (Wildman–Crippen LogP) is 2.64. The summed E-state index contributed by atoms with van der Waals surface area (Å²) in [6.07, 6.45) is -1.11. The Labute approximate surface area is 125 Å². The second-order valence-corrected chi connectivity index (χ2v) is 5.74. The van der Waals surface area contributed by atoms with Gasteiger partial charge in [0.15, 0.2) is 23.3 Å². The molecule has 1 aromatic carbocycles. The quantitative estimate of drug-likeness (QED) is 0.509. The van der Waals surface area contributed by atoms with E-state index in [0.29, 0.717) is 6.07 Å². The topological polar surface area (TPSA) is 64.3 Å². The zero-order valence-electron chi connectivity index (χ0n) is 12.5. The van der Waals surface area contributed by atoms with Gasteiger partial charge in [-0.05, 0) is 38.8 Å². The van der Waals surface area contributed by atoms with Crippen LogP contribution in [0.5, 0.6) is 0 Å². The van der Waals surface area contributed by atoms with Crippen molar-refractivity contribution in [3.05, 3.63) is 34.9 Å². The van der Waals surface area contributed by atoms with Gasteiger partial charge in [-0.3, -0.25) is 0 Å². The third-order valence-electron chi connectivity index (χ3n) is 2.65. The molecular formula is C14H18F4N2O2. The van der Waals surface area contributed by atoms with Crippen LogP contribution in [0.1, 0.15) is 26.3 Å². The maximum atomic E-state index is 13.6. The van der Waals surface area contributed by atoms with Gasteiger partial charge >= 0.3 is 6.09 Å². The largest absolute Gasteiger partial charge is 0.444 e. The Hall–Kier alpha value is -1.83. The van der Waals surface area contributed by atoms with Crippen molar-refractivity contribution in [3.63, 3.8) is 0 Å². The maximum Gasteiger partial charge on any atom is 0.407 e. The molecule has 8 heteroatoms. The molecule has 0 aromatic heterocycles. The first-order valence-electron chi connectivity index (χ1n) is 6.56. The molecule has 0 radical (unpaired) electrons. The molecule has 3 N–H and O–H groups in total. The van der Waals surface area contributed by atoms with Crippen molar-refractivity contribution in [3.8, 4) is 0 Å².